The first-order valence-corrected chi connectivity index (χ1v) is 4.63. The molecule has 3 aliphatic rings. The summed E-state index contributed by atoms with van der Waals surface area (Å²) in [5.74, 6) is 0.474. The molecule has 3 rings (SSSR count). The van der Waals surface area contributed by atoms with Gasteiger partial charge in [-0.1, -0.05) is 13.8 Å². The van der Waals surface area contributed by atoms with E-state index in [1.807, 2.05) is 18.7 Å². The molecule has 68 valence electrons. The van der Waals surface area contributed by atoms with Crippen LogP contribution in [0.4, 0.5) is 0 Å². The van der Waals surface area contributed by atoms with E-state index in [9.17, 15) is 4.79 Å². The number of fused-ring (bicyclic) bond motifs is 1. The Morgan fingerprint density at radius 3 is 2.50 bits per heavy atom. The molecule has 3 heterocycles. The van der Waals surface area contributed by atoms with Crippen molar-refractivity contribution in [2.24, 2.45) is 5.92 Å². The van der Waals surface area contributed by atoms with Crippen LogP contribution >= 0.6 is 0 Å². The van der Waals surface area contributed by atoms with Gasteiger partial charge in [-0.15, -0.1) is 0 Å². The lowest BCUT2D eigenvalue weighted by Gasteiger charge is -2.41. The van der Waals surface area contributed by atoms with Crippen molar-refractivity contribution >= 4 is 5.91 Å². The first kappa shape index (κ1) is 8.05. The molecular weight excluding hydrogens is 152 g/mol. The molecule has 0 radical (unpaired) electrons. The molecule has 0 aromatic heterocycles. The van der Waals surface area contributed by atoms with Gasteiger partial charge in [-0.25, -0.2) is 0 Å². The molecule has 0 aromatic carbocycles. The van der Waals surface area contributed by atoms with Gasteiger partial charge in [0.25, 0.3) is 0 Å². The maximum atomic E-state index is 11.6. The highest BCUT2D eigenvalue weighted by atomic mass is 16.2. The van der Waals surface area contributed by atoms with Crippen LogP contribution in [-0.4, -0.2) is 41.5 Å². The Morgan fingerprint density at radius 1 is 1.50 bits per heavy atom. The molecule has 3 fully saturated rings. The lowest BCUT2D eigenvalue weighted by atomic mass is 10.0. The highest BCUT2D eigenvalue weighted by Gasteiger charge is 2.50. The molecular formula is C9H16N2O. The van der Waals surface area contributed by atoms with E-state index < -0.39 is 0 Å². The van der Waals surface area contributed by atoms with Crippen molar-refractivity contribution in [3.05, 3.63) is 0 Å². The Bertz CT molecular complexity index is 215. The molecule has 1 amide bonds. The Kier molecular flexibility index (Phi) is 1.65. The smallest absolute Gasteiger partial charge is 0.226 e. The summed E-state index contributed by atoms with van der Waals surface area (Å²) in [6.07, 6.45) is 1.61. The van der Waals surface area contributed by atoms with Crippen molar-refractivity contribution in [2.75, 3.05) is 13.6 Å². The zero-order valence-electron chi connectivity index (χ0n) is 7.95. The largest absolute Gasteiger partial charge is 0.322 e. The molecule has 12 heavy (non-hydrogen) atoms. The summed E-state index contributed by atoms with van der Waals surface area (Å²) in [6.45, 7) is 5.02. The van der Waals surface area contributed by atoms with Gasteiger partial charge in [0.05, 0.1) is 6.17 Å². The van der Waals surface area contributed by atoms with Crippen LogP contribution in [0.3, 0.4) is 0 Å². The van der Waals surface area contributed by atoms with Gasteiger partial charge >= 0.3 is 0 Å². The molecule has 0 spiro atoms. The number of amides is 1. The molecule has 0 aliphatic carbocycles. The summed E-state index contributed by atoms with van der Waals surface area (Å²) in [5, 5.41) is 0. The monoisotopic (exact) mass is 168 g/mol. The SMILES string of the molecule is CC(C)C(=O)N1C2CC1N(C)C2. The maximum absolute atomic E-state index is 11.6. The van der Waals surface area contributed by atoms with Crippen LogP contribution in [0.15, 0.2) is 0 Å². The molecule has 3 nitrogen and oxygen atoms in total. The van der Waals surface area contributed by atoms with Crippen LogP contribution in [-0.2, 0) is 4.79 Å². The standard InChI is InChI=1S/C9H16N2O/c1-6(2)9(12)11-7-4-8(11)10(3)5-7/h6-8H,4-5H2,1-3H3. The second-order valence-electron chi connectivity index (χ2n) is 4.21. The number of carbonyl (C=O) groups is 1. The van der Waals surface area contributed by atoms with Gasteiger partial charge < -0.3 is 4.90 Å². The van der Waals surface area contributed by atoms with Crippen LogP contribution in [0.5, 0.6) is 0 Å². The van der Waals surface area contributed by atoms with Crippen molar-refractivity contribution in [3.63, 3.8) is 0 Å². The van der Waals surface area contributed by atoms with Gasteiger partial charge in [0.1, 0.15) is 0 Å². The minimum Gasteiger partial charge on any atom is -0.322 e. The van der Waals surface area contributed by atoms with Crippen LogP contribution in [0, 0.1) is 5.92 Å². The number of nitrogens with zero attached hydrogens (tertiary/aromatic N) is 2. The number of likely N-dealkylation sites (N-methyl/N-ethyl adjacent to an activating group) is 1. The Morgan fingerprint density at radius 2 is 2.17 bits per heavy atom. The van der Waals surface area contributed by atoms with E-state index in [-0.39, 0.29) is 5.92 Å². The third-order valence-electron chi connectivity index (χ3n) is 2.95. The summed E-state index contributed by atoms with van der Waals surface area (Å²) in [4.78, 5) is 15.9. The molecule has 0 saturated carbocycles. The number of rotatable bonds is 1. The molecule has 3 aliphatic heterocycles. The third-order valence-corrected chi connectivity index (χ3v) is 2.95. The average molecular weight is 168 g/mol. The molecule has 2 atom stereocenters. The minimum atomic E-state index is 0.154. The van der Waals surface area contributed by atoms with E-state index >= 15 is 0 Å². The van der Waals surface area contributed by atoms with Crippen molar-refractivity contribution in [1.82, 2.24) is 9.80 Å². The number of hydrogen-bond acceptors (Lipinski definition) is 2. The Labute approximate surface area is 73.3 Å². The quantitative estimate of drug-likeness (QED) is 0.569. The Balaban J connectivity index is 2.05. The van der Waals surface area contributed by atoms with Gasteiger partial charge in [-0.2, -0.15) is 0 Å². The lowest BCUT2D eigenvalue weighted by Crippen LogP contribution is -2.55. The normalized spacial score (nSPS) is 34.2. The highest BCUT2D eigenvalue weighted by molar-refractivity contribution is 5.80. The van der Waals surface area contributed by atoms with Crippen LogP contribution in [0.1, 0.15) is 20.3 Å². The van der Waals surface area contributed by atoms with E-state index in [1.54, 1.807) is 0 Å². The third kappa shape index (κ3) is 0.891. The minimum absolute atomic E-state index is 0.154. The Hall–Kier alpha value is -0.570. The number of carbonyl (C=O) groups excluding carboxylic acids is 1. The first-order valence-electron chi connectivity index (χ1n) is 4.63. The van der Waals surface area contributed by atoms with E-state index in [0.29, 0.717) is 18.1 Å². The van der Waals surface area contributed by atoms with E-state index in [4.69, 9.17) is 0 Å². The topological polar surface area (TPSA) is 23.6 Å². The fourth-order valence-electron chi connectivity index (χ4n) is 2.21. The molecule has 0 N–H and O–H groups in total. The van der Waals surface area contributed by atoms with Crippen LogP contribution in [0.25, 0.3) is 0 Å². The van der Waals surface area contributed by atoms with Crippen molar-refractivity contribution in [2.45, 2.75) is 32.5 Å². The predicted octanol–water partition coefficient (Wildman–Crippen LogP) is 0.515. The zero-order chi connectivity index (χ0) is 8.88. The van der Waals surface area contributed by atoms with Crippen molar-refractivity contribution < 1.29 is 4.79 Å². The fraction of sp³-hybridized carbons (Fsp3) is 0.889. The summed E-state index contributed by atoms with van der Waals surface area (Å²) >= 11 is 0. The average Bonchev–Trinajstić information content (AvgIpc) is 2.42. The summed E-state index contributed by atoms with van der Waals surface area (Å²) < 4.78 is 0. The van der Waals surface area contributed by atoms with E-state index in [1.165, 1.54) is 6.42 Å². The molecule has 0 aromatic rings. The van der Waals surface area contributed by atoms with Gasteiger partial charge in [-0.3, -0.25) is 9.69 Å². The zero-order valence-corrected chi connectivity index (χ0v) is 7.95. The van der Waals surface area contributed by atoms with Crippen molar-refractivity contribution in [3.8, 4) is 0 Å². The number of hydrogen-bond donors (Lipinski definition) is 0. The van der Waals surface area contributed by atoms with Gasteiger partial charge in [0.15, 0.2) is 0 Å². The van der Waals surface area contributed by atoms with Gasteiger partial charge in [-0.05, 0) is 7.05 Å². The lowest BCUT2D eigenvalue weighted by molar-refractivity contribution is -0.145. The second-order valence-corrected chi connectivity index (χ2v) is 4.21. The van der Waals surface area contributed by atoms with Crippen LogP contribution < -0.4 is 0 Å². The van der Waals surface area contributed by atoms with E-state index in [2.05, 4.69) is 11.9 Å². The molecule has 2 bridgehead atoms. The summed E-state index contributed by atoms with van der Waals surface area (Å²) in [7, 11) is 2.10. The van der Waals surface area contributed by atoms with E-state index in [0.717, 1.165) is 6.54 Å². The second kappa shape index (κ2) is 2.46. The molecule has 3 heteroatoms. The first-order chi connectivity index (χ1) is 5.61. The summed E-state index contributed by atoms with van der Waals surface area (Å²) in [5.41, 5.74) is 0. The predicted molar refractivity (Wildman–Crippen MR) is 46.5 cm³/mol. The van der Waals surface area contributed by atoms with Gasteiger partial charge in [0.2, 0.25) is 5.91 Å². The fourth-order valence-corrected chi connectivity index (χ4v) is 2.21. The maximum Gasteiger partial charge on any atom is 0.226 e. The van der Waals surface area contributed by atoms with Gasteiger partial charge in [0, 0.05) is 24.9 Å². The van der Waals surface area contributed by atoms with Crippen LogP contribution in [0.2, 0.25) is 0 Å². The molecule has 3 saturated heterocycles. The molecule has 2 unspecified atom stereocenters. The summed E-state index contributed by atoms with van der Waals surface area (Å²) in [6, 6.07) is 0.523. The highest BCUT2D eigenvalue weighted by Crippen LogP contribution is 2.36. The van der Waals surface area contributed by atoms with Crippen molar-refractivity contribution in [1.29, 1.82) is 0 Å².